The van der Waals surface area contributed by atoms with Crippen LogP contribution in [0.25, 0.3) is 10.9 Å². The fraction of sp³-hybridized carbons (Fsp3) is 0.524. The highest BCUT2D eigenvalue weighted by Gasteiger charge is 2.31. The van der Waals surface area contributed by atoms with Gasteiger partial charge in [0.15, 0.2) is 0 Å². The summed E-state index contributed by atoms with van der Waals surface area (Å²) in [7, 11) is 0. The van der Waals surface area contributed by atoms with Crippen LogP contribution < -0.4 is 10.1 Å². The summed E-state index contributed by atoms with van der Waals surface area (Å²) in [5.74, 6) is 1.09. The van der Waals surface area contributed by atoms with Crippen LogP contribution in [0.2, 0.25) is 0 Å². The van der Waals surface area contributed by atoms with Crippen LogP contribution in [-0.4, -0.2) is 34.2 Å². The lowest BCUT2D eigenvalue weighted by molar-refractivity contribution is -0.00257. The van der Waals surface area contributed by atoms with Crippen LogP contribution in [0.5, 0.6) is 5.75 Å². The highest BCUT2D eigenvalue weighted by Crippen LogP contribution is 2.34. The van der Waals surface area contributed by atoms with Gasteiger partial charge in [-0.05, 0) is 57.1 Å². The number of benzene rings is 1. The van der Waals surface area contributed by atoms with E-state index in [4.69, 9.17) is 4.74 Å². The number of carbonyl (C=O) groups is 1. The monoisotopic (exact) mass is 356 g/mol. The van der Waals surface area contributed by atoms with E-state index >= 15 is 0 Å². The van der Waals surface area contributed by atoms with Crippen LogP contribution in [0.3, 0.4) is 0 Å². The Labute approximate surface area is 155 Å². The molecule has 0 unspecified atom stereocenters. The number of amides is 1. The quantitative estimate of drug-likeness (QED) is 0.883. The molecule has 1 aromatic carbocycles. The molecule has 0 radical (unpaired) electrons. The van der Waals surface area contributed by atoms with Crippen LogP contribution in [-0.2, 0) is 6.42 Å². The second kappa shape index (κ2) is 6.54. The number of aromatic nitrogens is 1. The van der Waals surface area contributed by atoms with Crippen LogP contribution in [0.15, 0.2) is 24.4 Å². The Balaban J connectivity index is 0.00000210. The van der Waals surface area contributed by atoms with E-state index < -0.39 is 5.60 Å². The first kappa shape index (κ1) is 17.3. The molecule has 1 fully saturated rings. The highest BCUT2D eigenvalue weighted by atomic mass is 16.5. The molecule has 0 saturated heterocycles. The minimum absolute atomic E-state index is 0. The fourth-order valence-corrected chi connectivity index (χ4v) is 4.17. The van der Waals surface area contributed by atoms with Crippen molar-refractivity contribution < 1.29 is 16.1 Å². The summed E-state index contributed by atoms with van der Waals surface area (Å²) in [4.78, 5) is 17.1. The molecule has 1 saturated carbocycles. The first-order valence-electron chi connectivity index (χ1n) is 9.49. The minimum Gasteiger partial charge on any atom is -0.491 e. The second-order valence-electron chi connectivity index (χ2n) is 8.12. The van der Waals surface area contributed by atoms with Crippen LogP contribution >= 0.6 is 0 Å². The molecule has 2 aliphatic rings. The van der Waals surface area contributed by atoms with Crippen molar-refractivity contribution in [3.63, 3.8) is 0 Å². The Morgan fingerprint density at radius 2 is 2.08 bits per heavy atom. The number of nitrogens with zero attached hydrogens (tertiary/aromatic N) is 1. The van der Waals surface area contributed by atoms with Crippen LogP contribution in [0.1, 0.15) is 56.9 Å². The molecule has 140 valence electrons. The topological polar surface area (TPSA) is 71.5 Å². The molecule has 2 N–H and O–H groups in total. The van der Waals surface area contributed by atoms with E-state index in [0.29, 0.717) is 18.1 Å². The molecule has 1 aromatic heterocycles. The molecule has 0 spiro atoms. The number of ether oxygens (including phenoxy) is 1. The van der Waals surface area contributed by atoms with Gasteiger partial charge < -0.3 is 15.2 Å². The largest absolute Gasteiger partial charge is 0.491 e. The third kappa shape index (κ3) is 3.28. The number of carbonyl (C=O) groups excluding carboxylic acids is 1. The predicted octanol–water partition coefficient (Wildman–Crippen LogP) is 3.48. The standard InChI is InChI=1S/C21H26N2O3.H2/c1-21(2,25)16-5-7-17(8-6-16)23-20(24)15-11-14-4-3-13-9-10-26-19(13)18(14)22-12-15;/h3-4,11-12,16-17,25H,5-10H2,1-2H3,(H,23,24);1H. The normalized spacial score (nSPS) is 22.7. The summed E-state index contributed by atoms with van der Waals surface area (Å²) in [6.45, 7) is 4.45. The number of pyridine rings is 1. The lowest BCUT2D eigenvalue weighted by atomic mass is 9.77. The van der Waals surface area contributed by atoms with Gasteiger partial charge in [-0.3, -0.25) is 9.78 Å². The van der Waals surface area contributed by atoms with Gasteiger partial charge in [0.1, 0.15) is 11.3 Å². The Kier molecular flexibility index (Phi) is 4.35. The second-order valence-corrected chi connectivity index (χ2v) is 8.12. The summed E-state index contributed by atoms with van der Waals surface area (Å²) in [5, 5.41) is 14.2. The highest BCUT2D eigenvalue weighted by molar-refractivity contribution is 5.98. The molecule has 1 aliphatic heterocycles. The van der Waals surface area contributed by atoms with Crippen LogP contribution in [0, 0.1) is 5.92 Å². The summed E-state index contributed by atoms with van der Waals surface area (Å²) >= 11 is 0. The third-order valence-electron chi connectivity index (χ3n) is 5.83. The summed E-state index contributed by atoms with van der Waals surface area (Å²) in [6.07, 6.45) is 6.25. The number of fused-ring (bicyclic) bond motifs is 3. The number of hydrogen-bond acceptors (Lipinski definition) is 4. The molecule has 5 nitrogen and oxygen atoms in total. The van der Waals surface area contributed by atoms with E-state index in [1.807, 2.05) is 26.0 Å². The summed E-state index contributed by atoms with van der Waals surface area (Å²) in [6, 6.07) is 6.13. The molecular formula is C21H28N2O3. The number of nitrogens with one attached hydrogen (secondary N) is 1. The van der Waals surface area contributed by atoms with Crippen molar-refractivity contribution in [2.45, 2.75) is 57.6 Å². The van der Waals surface area contributed by atoms with Gasteiger partial charge in [-0.15, -0.1) is 0 Å². The molecule has 0 bridgehead atoms. The maximum Gasteiger partial charge on any atom is 0.253 e. The van der Waals surface area contributed by atoms with Crippen molar-refractivity contribution >= 4 is 16.8 Å². The summed E-state index contributed by atoms with van der Waals surface area (Å²) < 4.78 is 5.69. The Morgan fingerprint density at radius 1 is 1.31 bits per heavy atom. The third-order valence-corrected chi connectivity index (χ3v) is 5.83. The van der Waals surface area contributed by atoms with Crippen molar-refractivity contribution in [3.05, 3.63) is 35.5 Å². The average molecular weight is 356 g/mol. The predicted molar refractivity (Wildman–Crippen MR) is 103 cm³/mol. The molecule has 1 amide bonds. The van der Waals surface area contributed by atoms with Crippen molar-refractivity contribution in [1.82, 2.24) is 10.3 Å². The zero-order chi connectivity index (χ0) is 18.3. The average Bonchev–Trinajstić information content (AvgIpc) is 3.10. The van der Waals surface area contributed by atoms with E-state index in [1.54, 1.807) is 6.20 Å². The van der Waals surface area contributed by atoms with Crippen molar-refractivity contribution in [2.24, 2.45) is 5.92 Å². The zero-order valence-electron chi connectivity index (χ0n) is 15.4. The first-order chi connectivity index (χ1) is 12.4. The number of rotatable bonds is 3. The molecule has 4 rings (SSSR count). The molecule has 2 heterocycles. The Bertz CT molecular complexity index is 839. The minimum atomic E-state index is -0.639. The van der Waals surface area contributed by atoms with Gasteiger partial charge in [0.2, 0.25) is 0 Å². The maximum atomic E-state index is 12.6. The molecular weight excluding hydrogens is 328 g/mol. The molecule has 1 aliphatic carbocycles. The van der Waals surface area contributed by atoms with Crippen molar-refractivity contribution in [3.8, 4) is 5.75 Å². The van der Waals surface area contributed by atoms with Gasteiger partial charge in [0.05, 0.1) is 17.8 Å². The SMILES string of the molecule is CC(C)(O)C1CCC(NC(=O)c2cnc3c4c(ccc3c2)CCO4)CC1.[HH]. The van der Waals surface area contributed by atoms with E-state index in [-0.39, 0.29) is 13.4 Å². The maximum absolute atomic E-state index is 12.6. The lowest BCUT2D eigenvalue weighted by Crippen LogP contribution is -2.41. The van der Waals surface area contributed by atoms with Gasteiger partial charge in [-0.2, -0.15) is 0 Å². The smallest absolute Gasteiger partial charge is 0.253 e. The van der Waals surface area contributed by atoms with Gasteiger partial charge >= 0.3 is 0 Å². The van der Waals surface area contributed by atoms with Gasteiger partial charge in [-0.1, -0.05) is 12.1 Å². The molecule has 5 heteroatoms. The van der Waals surface area contributed by atoms with E-state index in [9.17, 15) is 9.90 Å². The van der Waals surface area contributed by atoms with Crippen molar-refractivity contribution in [2.75, 3.05) is 6.61 Å². The Hall–Kier alpha value is -2.14. The zero-order valence-corrected chi connectivity index (χ0v) is 15.4. The van der Waals surface area contributed by atoms with E-state index in [1.165, 1.54) is 5.56 Å². The van der Waals surface area contributed by atoms with Gasteiger partial charge in [0, 0.05) is 25.5 Å². The van der Waals surface area contributed by atoms with E-state index in [0.717, 1.165) is 48.8 Å². The van der Waals surface area contributed by atoms with Gasteiger partial charge in [-0.25, -0.2) is 0 Å². The number of aliphatic hydroxyl groups is 1. The van der Waals surface area contributed by atoms with Crippen molar-refractivity contribution in [1.29, 1.82) is 0 Å². The fourth-order valence-electron chi connectivity index (χ4n) is 4.17. The first-order valence-corrected chi connectivity index (χ1v) is 9.49. The summed E-state index contributed by atoms with van der Waals surface area (Å²) in [5.41, 5.74) is 1.97. The molecule has 26 heavy (non-hydrogen) atoms. The Morgan fingerprint density at radius 3 is 2.81 bits per heavy atom. The van der Waals surface area contributed by atoms with Crippen LogP contribution in [0.4, 0.5) is 0 Å². The molecule has 0 atom stereocenters. The lowest BCUT2D eigenvalue weighted by Gasteiger charge is -2.36. The number of hydrogen-bond donors (Lipinski definition) is 2. The molecule has 2 aromatic rings. The van der Waals surface area contributed by atoms with E-state index in [2.05, 4.69) is 16.4 Å². The van der Waals surface area contributed by atoms with Gasteiger partial charge in [0.25, 0.3) is 5.91 Å².